The van der Waals surface area contributed by atoms with Gasteiger partial charge in [-0.3, -0.25) is 15.0 Å². The first-order chi connectivity index (χ1) is 11.2. The van der Waals surface area contributed by atoms with E-state index in [4.69, 9.17) is 0 Å². The molecule has 0 bridgehead atoms. The first-order valence-electron chi connectivity index (χ1n) is 7.60. The lowest BCUT2D eigenvalue weighted by atomic mass is 10.0. The van der Waals surface area contributed by atoms with E-state index in [1.165, 1.54) is 4.90 Å². The van der Waals surface area contributed by atoms with E-state index in [1.807, 2.05) is 41.8 Å². The van der Waals surface area contributed by atoms with Crippen molar-refractivity contribution in [1.29, 1.82) is 0 Å². The maximum Gasteiger partial charge on any atom is 0.324 e. The zero-order chi connectivity index (χ0) is 16.2. The molecule has 2 heterocycles. The Morgan fingerprint density at radius 2 is 2.04 bits per heavy atom. The Morgan fingerprint density at radius 1 is 1.26 bits per heavy atom. The van der Waals surface area contributed by atoms with Gasteiger partial charge in [0.15, 0.2) is 0 Å². The van der Waals surface area contributed by atoms with Crippen molar-refractivity contribution in [2.75, 3.05) is 13.1 Å². The van der Waals surface area contributed by atoms with Crippen LogP contribution in [0, 0.1) is 0 Å². The smallest absolute Gasteiger partial charge is 0.324 e. The fraction of sp³-hybridized carbons (Fsp3) is 0.294. The van der Waals surface area contributed by atoms with E-state index in [2.05, 4.69) is 16.7 Å². The van der Waals surface area contributed by atoms with Crippen LogP contribution in [0.1, 0.15) is 23.4 Å². The summed E-state index contributed by atoms with van der Waals surface area (Å²) < 4.78 is 0. The fourth-order valence-corrected chi connectivity index (χ4v) is 3.49. The first kappa shape index (κ1) is 15.7. The van der Waals surface area contributed by atoms with Crippen LogP contribution >= 0.6 is 11.3 Å². The summed E-state index contributed by atoms with van der Waals surface area (Å²) in [4.78, 5) is 26.6. The molecule has 1 aromatic heterocycles. The maximum absolute atomic E-state index is 12.5. The van der Waals surface area contributed by atoms with E-state index >= 15 is 0 Å². The van der Waals surface area contributed by atoms with Gasteiger partial charge in [0, 0.05) is 18.0 Å². The molecule has 2 aromatic rings. The van der Waals surface area contributed by atoms with Crippen LogP contribution in [0.15, 0.2) is 47.8 Å². The van der Waals surface area contributed by atoms with Crippen LogP contribution in [-0.2, 0) is 4.79 Å². The second kappa shape index (κ2) is 6.93. The van der Waals surface area contributed by atoms with E-state index in [0.717, 1.165) is 10.4 Å². The minimum atomic E-state index is -0.453. The Balaban J connectivity index is 1.79. The highest BCUT2D eigenvalue weighted by Crippen LogP contribution is 2.26. The van der Waals surface area contributed by atoms with Gasteiger partial charge < -0.3 is 5.32 Å². The Labute approximate surface area is 139 Å². The normalized spacial score (nSPS) is 16.9. The Kier molecular flexibility index (Phi) is 4.73. The molecule has 0 radical (unpaired) electrons. The summed E-state index contributed by atoms with van der Waals surface area (Å²) in [5.74, 6) is -0.197. The lowest BCUT2D eigenvalue weighted by molar-refractivity contribution is -0.129. The van der Waals surface area contributed by atoms with E-state index in [0.29, 0.717) is 13.1 Å². The summed E-state index contributed by atoms with van der Waals surface area (Å²) in [6.45, 7) is 2.75. The van der Waals surface area contributed by atoms with Gasteiger partial charge in [0.2, 0.25) is 5.91 Å². The third-order valence-corrected chi connectivity index (χ3v) is 4.81. The molecule has 0 spiro atoms. The minimum Gasteiger partial charge on any atom is -0.336 e. The molecular formula is C17H19N3O2S. The molecule has 120 valence electrons. The van der Waals surface area contributed by atoms with E-state index in [9.17, 15) is 9.59 Å². The molecule has 0 unspecified atom stereocenters. The number of imide groups is 1. The molecule has 23 heavy (non-hydrogen) atoms. The van der Waals surface area contributed by atoms with Gasteiger partial charge in [-0.05, 0) is 23.9 Å². The Bertz CT molecular complexity index is 672. The number of carbonyl (C=O) groups is 2. The van der Waals surface area contributed by atoms with Crippen molar-refractivity contribution in [3.63, 3.8) is 0 Å². The van der Waals surface area contributed by atoms with Gasteiger partial charge in [0.25, 0.3) is 0 Å². The average Bonchev–Trinajstić information content (AvgIpc) is 3.24. The molecule has 2 N–H and O–H groups in total. The molecule has 6 heteroatoms. The number of benzene rings is 1. The van der Waals surface area contributed by atoms with E-state index < -0.39 is 6.04 Å². The number of nitrogens with one attached hydrogen (secondary N) is 2. The molecule has 1 saturated heterocycles. The van der Waals surface area contributed by atoms with Crippen molar-refractivity contribution in [1.82, 2.24) is 15.5 Å². The molecular weight excluding hydrogens is 310 g/mol. The number of hydrogen-bond donors (Lipinski definition) is 2. The van der Waals surface area contributed by atoms with Crippen LogP contribution in [-0.4, -0.2) is 36.0 Å². The van der Waals surface area contributed by atoms with Crippen molar-refractivity contribution < 1.29 is 9.59 Å². The number of nitrogens with zero attached hydrogens (tertiary/aromatic N) is 1. The van der Waals surface area contributed by atoms with Gasteiger partial charge in [0.1, 0.15) is 0 Å². The number of hydrogen-bond acceptors (Lipinski definition) is 4. The number of carbonyl (C=O) groups excluding carboxylic acids is 2. The minimum absolute atomic E-state index is 0.0687. The zero-order valence-corrected chi connectivity index (χ0v) is 13.7. The van der Waals surface area contributed by atoms with Crippen LogP contribution in [0.3, 0.4) is 0 Å². The molecule has 5 nitrogen and oxygen atoms in total. The van der Waals surface area contributed by atoms with Crippen molar-refractivity contribution in [2.24, 2.45) is 0 Å². The molecule has 1 aliphatic heterocycles. The summed E-state index contributed by atoms with van der Waals surface area (Å²) in [7, 11) is 0. The molecule has 0 saturated carbocycles. The van der Waals surface area contributed by atoms with Gasteiger partial charge in [-0.1, -0.05) is 36.4 Å². The van der Waals surface area contributed by atoms with Gasteiger partial charge in [-0.15, -0.1) is 11.3 Å². The molecule has 1 fully saturated rings. The highest BCUT2D eigenvalue weighted by atomic mass is 32.1. The van der Waals surface area contributed by atoms with Gasteiger partial charge in [0.05, 0.1) is 12.1 Å². The van der Waals surface area contributed by atoms with Crippen LogP contribution in [0.4, 0.5) is 4.79 Å². The Morgan fingerprint density at radius 3 is 2.65 bits per heavy atom. The van der Waals surface area contributed by atoms with Crippen molar-refractivity contribution in [2.45, 2.75) is 19.0 Å². The van der Waals surface area contributed by atoms with Crippen LogP contribution in [0.25, 0.3) is 0 Å². The van der Waals surface area contributed by atoms with Gasteiger partial charge in [-0.2, -0.15) is 0 Å². The molecule has 0 aliphatic carbocycles. The molecule has 1 aliphatic rings. The standard InChI is InChI=1S/C17H19N3O2S/c1-12(16(21)20-10-9-18-17(20)22)19-15(14-8-5-11-23-14)13-6-3-2-4-7-13/h2-8,11-12,15,19H,9-10H2,1H3,(H,18,22)/t12-,15-/m0/s1. The lowest BCUT2D eigenvalue weighted by Gasteiger charge is -2.24. The summed E-state index contributed by atoms with van der Waals surface area (Å²) in [6, 6.07) is 13.2. The lowest BCUT2D eigenvalue weighted by Crippen LogP contribution is -2.47. The van der Waals surface area contributed by atoms with Gasteiger partial charge >= 0.3 is 6.03 Å². The number of thiophene rings is 1. The summed E-state index contributed by atoms with van der Waals surface area (Å²) in [5, 5.41) is 8.05. The molecule has 1 aromatic carbocycles. The van der Waals surface area contributed by atoms with Gasteiger partial charge in [-0.25, -0.2) is 4.79 Å². The molecule has 3 rings (SSSR count). The summed E-state index contributed by atoms with van der Waals surface area (Å²) >= 11 is 1.65. The number of rotatable bonds is 5. The van der Waals surface area contributed by atoms with Crippen LogP contribution in [0.2, 0.25) is 0 Å². The van der Waals surface area contributed by atoms with Crippen LogP contribution < -0.4 is 10.6 Å². The average molecular weight is 329 g/mol. The highest BCUT2D eigenvalue weighted by Gasteiger charge is 2.31. The molecule has 3 amide bonds. The summed E-state index contributed by atoms with van der Waals surface area (Å²) in [6.07, 6.45) is 0. The zero-order valence-electron chi connectivity index (χ0n) is 12.9. The SMILES string of the molecule is C[C@H](N[C@@H](c1ccccc1)c1cccs1)C(=O)N1CCNC1=O. The second-order valence-electron chi connectivity index (χ2n) is 5.47. The molecule has 2 atom stereocenters. The topological polar surface area (TPSA) is 61.4 Å². The third-order valence-electron chi connectivity index (χ3n) is 3.87. The monoisotopic (exact) mass is 329 g/mol. The van der Waals surface area contributed by atoms with E-state index in [1.54, 1.807) is 18.3 Å². The van der Waals surface area contributed by atoms with Crippen molar-refractivity contribution in [3.05, 3.63) is 58.3 Å². The van der Waals surface area contributed by atoms with Crippen molar-refractivity contribution in [3.8, 4) is 0 Å². The summed E-state index contributed by atoms with van der Waals surface area (Å²) in [5.41, 5.74) is 1.10. The van der Waals surface area contributed by atoms with E-state index in [-0.39, 0.29) is 18.0 Å². The first-order valence-corrected chi connectivity index (χ1v) is 8.48. The second-order valence-corrected chi connectivity index (χ2v) is 6.45. The maximum atomic E-state index is 12.5. The number of urea groups is 1. The quantitative estimate of drug-likeness (QED) is 0.885. The predicted molar refractivity (Wildman–Crippen MR) is 90.3 cm³/mol. The largest absolute Gasteiger partial charge is 0.336 e. The third kappa shape index (κ3) is 3.43. The number of amides is 3. The highest BCUT2D eigenvalue weighted by molar-refractivity contribution is 7.10. The van der Waals surface area contributed by atoms with Crippen LogP contribution in [0.5, 0.6) is 0 Å². The fourth-order valence-electron chi connectivity index (χ4n) is 2.68. The Hall–Kier alpha value is -2.18. The van der Waals surface area contributed by atoms with Crippen molar-refractivity contribution >= 4 is 23.3 Å². The predicted octanol–water partition coefficient (Wildman–Crippen LogP) is 2.37.